The van der Waals surface area contributed by atoms with Gasteiger partial charge < -0.3 is 16.2 Å². The van der Waals surface area contributed by atoms with Crippen LogP contribution >= 0.6 is 12.4 Å². The maximum atomic E-state index is 12.3. The minimum Gasteiger partial charge on any atom is -0.391 e. The van der Waals surface area contributed by atoms with Crippen LogP contribution in [0, 0.1) is 0 Å². The van der Waals surface area contributed by atoms with Crippen molar-refractivity contribution in [1.29, 1.82) is 0 Å². The highest BCUT2D eigenvalue weighted by Gasteiger charge is 2.34. The van der Waals surface area contributed by atoms with Gasteiger partial charge in [-0.1, -0.05) is 43.2 Å². The Morgan fingerprint density at radius 3 is 2.50 bits per heavy atom. The molecule has 2 rings (SSSR count). The first kappa shape index (κ1) is 17.0. The molecule has 1 fully saturated rings. The summed E-state index contributed by atoms with van der Waals surface area (Å²) in [4.78, 5) is 12.3. The second-order valence-electron chi connectivity index (χ2n) is 5.50. The van der Waals surface area contributed by atoms with Crippen LogP contribution in [0.4, 0.5) is 0 Å². The first-order valence-electron chi connectivity index (χ1n) is 6.85. The molecule has 0 aromatic heterocycles. The van der Waals surface area contributed by atoms with E-state index in [0.29, 0.717) is 0 Å². The predicted molar refractivity (Wildman–Crippen MR) is 81.6 cm³/mol. The van der Waals surface area contributed by atoms with Crippen molar-refractivity contribution in [3.63, 3.8) is 0 Å². The van der Waals surface area contributed by atoms with Gasteiger partial charge in [-0.25, -0.2) is 0 Å². The molecule has 1 aliphatic rings. The van der Waals surface area contributed by atoms with Crippen molar-refractivity contribution in [2.45, 2.75) is 50.3 Å². The Morgan fingerprint density at radius 1 is 1.30 bits per heavy atom. The van der Waals surface area contributed by atoms with E-state index in [1.165, 1.54) is 0 Å². The van der Waals surface area contributed by atoms with Crippen molar-refractivity contribution in [2.75, 3.05) is 0 Å². The lowest BCUT2D eigenvalue weighted by Gasteiger charge is -2.32. The molecule has 0 saturated heterocycles. The molecule has 20 heavy (non-hydrogen) atoms. The van der Waals surface area contributed by atoms with Crippen LogP contribution in [0.25, 0.3) is 0 Å². The lowest BCUT2D eigenvalue weighted by atomic mass is 9.89. The van der Waals surface area contributed by atoms with Crippen LogP contribution in [0.15, 0.2) is 30.3 Å². The maximum Gasteiger partial charge on any atom is 0.244 e. The van der Waals surface area contributed by atoms with E-state index in [4.69, 9.17) is 5.73 Å². The third-order valence-corrected chi connectivity index (χ3v) is 3.89. The zero-order valence-corrected chi connectivity index (χ0v) is 12.5. The smallest absolute Gasteiger partial charge is 0.244 e. The molecule has 112 valence electrons. The van der Waals surface area contributed by atoms with E-state index < -0.39 is 11.6 Å². The molecule has 1 saturated carbocycles. The van der Waals surface area contributed by atoms with Gasteiger partial charge in [0.25, 0.3) is 0 Å². The molecule has 5 heteroatoms. The predicted octanol–water partition coefficient (Wildman–Crippen LogP) is 1.70. The monoisotopic (exact) mass is 298 g/mol. The van der Waals surface area contributed by atoms with Gasteiger partial charge in [-0.05, 0) is 25.3 Å². The van der Waals surface area contributed by atoms with E-state index >= 15 is 0 Å². The van der Waals surface area contributed by atoms with Crippen LogP contribution in [-0.2, 0) is 10.3 Å². The summed E-state index contributed by atoms with van der Waals surface area (Å²) < 4.78 is 0. The molecule has 1 amide bonds. The zero-order chi connectivity index (χ0) is 13.9. The minimum absolute atomic E-state index is 0. The summed E-state index contributed by atoms with van der Waals surface area (Å²) in [5.41, 5.74) is 5.86. The van der Waals surface area contributed by atoms with Crippen LogP contribution in [0.3, 0.4) is 0 Å². The van der Waals surface area contributed by atoms with Crippen LogP contribution in [0.5, 0.6) is 0 Å². The minimum atomic E-state index is -1.07. The molecule has 4 nitrogen and oxygen atoms in total. The number of hydrogen-bond acceptors (Lipinski definition) is 3. The summed E-state index contributed by atoms with van der Waals surface area (Å²) in [6.45, 7) is 1.70. The van der Waals surface area contributed by atoms with Crippen LogP contribution in [0.1, 0.15) is 38.2 Å². The lowest BCUT2D eigenvalue weighted by molar-refractivity contribution is -0.128. The molecule has 1 aromatic rings. The first-order valence-corrected chi connectivity index (χ1v) is 6.85. The van der Waals surface area contributed by atoms with E-state index in [1.807, 2.05) is 30.3 Å². The number of rotatable bonds is 3. The van der Waals surface area contributed by atoms with Gasteiger partial charge in [0.2, 0.25) is 5.91 Å². The number of carbonyl (C=O) groups is 1. The molecule has 3 atom stereocenters. The SMILES string of the molecule is CC(N)(C(=O)N[C@@H]1CCCC[C@H]1O)c1ccccc1.Cl. The fraction of sp³-hybridized carbons (Fsp3) is 0.533. The fourth-order valence-electron chi connectivity index (χ4n) is 2.51. The van der Waals surface area contributed by atoms with Gasteiger partial charge in [0.15, 0.2) is 0 Å². The van der Waals surface area contributed by atoms with E-state index in [2.05, 4.69) is 5.32 Å². The van der Waals surface area contributed by atoms with E-state index in [-0.39, 0.29) is 24.4 Å². The highest BCUT2D eigenvalue weighted by atomic mass is 35.5. The van der Waals surface area contributed by atoms with Gasteiger partial charge in [-0.3, -0.25) is 4.79 Å². The molecule has 0 bridgehead atoms. The van der Waals surface area contributed by atoms with E-state index in [1.54, 1.807) is 6.92 Å². The first-order chi connectivity index (χ1) is 9.01. The van der Waals surface area contributed by atoms with Crippen LogP contribution in [0.2, 0.25) is 0 Å². The number of nitrogens with two attached hydrogens (primary N) is 1. The Hall–Kier alpha value is -1.10. The number of halogens is 1. The number of aliphatic hydroxyl groups is 1. The molecule has 0 radical (unpaired) electrons. The number of carbonyl (C=O) groups excluding carboxylic acids is 1. The highest BCUT2D eigenvalue weighted by molar-refractivity contribution is 5.87. The van der Waals surface area contributed by atoms with Crippen molar-refractivity contribution < 1.29 is 9.90 Å². The number of benzene rings is 1. The average Bonchev–Trinajstić information content (AvgIpc) is 2.42. The summed E-state index contributed by atoms with van der Waals surface area (Å²) in [6, 6.07) is 9.13. The van der Waals surface area contributed by atoms with E-state index in [9.17, 15) is 9.90 Å². The number of hydrogen-bond donors (Lipinski definition) is 3. The second kappa shape index (κ2) is 7.07. The Morgan fingerprint density at radius 2 is 1.90 bits per heavy atom. The molecule has 0 heterocycles. The highest BCUT2D eigenvalue weighted by Crippen LogP contribution is 2.21. The maximum absolute atomic E-state index is 12.3. The molecular formula is C15H23ClN2O2. The van der Waals surface area contributed by atoms with Crippen molar-refractivity contribution in [3.8, 4) is 0 Å². The molecule has 1 aliphatic carbocycles. The third kappa shape index (κ3) is 3.72. The molecule has 0 aliphatic heterocycles. The lowest BCUT2D eigenvalue weighted by Crippen LogP contribution is -2.55. The van der Waals surface area contributed by atoms with Crippen LogP contribution < -0.4 is 11.1 Å². The average molecular weight is 299 g/mol. The van der Waals surface area contributed by atoms with Gasteiger partial charge in [0.05, 0.1) is 12.1 Å². The topological polar surface area (TPSA) is 75.4 Å². The van der Waals surface area contributed by atoms with Gasteiger partial charge in [-0.15, -0.1) is 12.4 Å². The fourth-order valence-corrected chi connectivity index (χ4v) is 2.51. The summed E-state index contributed by atoms with van der Waals surface area (Å²) in [6.07, 6.45) is 3.17. The summed E-state index contributed by atoms with van der Waals surface area (Å²) >= 11 is 0. The third-order valence-electron chi connectivity index (χ3n) is 3.89. The van der Waals surface area contributed by atoms with Crippen LogP contribution in [-0.4, -0.2) is 23.2 Å². The molecular weight excluding hydrogens is 276 g/mol. The van der Waals surface area contributed by atoms with Crippen molar-refractivity contribution >= 4 is 18.3 Å². The van der Waals surface area contributed by atoms with Gasteiger partial charge in [-0.2, -0.15) is 0 Å². The largest absolute Gasteiger partial charge is 0.391 e. The van der Waals surface area contributed by atoms with Gasteiger partial charge in [0, 0.05) is 0 Å². The number of amides is 1. The Bertz CT molecular complexity index is 437. The van der Waals surface area contributed by atoms with Gasteiger partial charge in [0.1, 0.15) is 5.54 Å². The number of nitrogens with one attached hydrogen (secondary N) is 1. The standard InChI is InChI=1S/C15H22N2O2.ClH/c1-15(16,11-7-3-2-4-8-11)14(19)17-12-9-5-6-10-13(12)18;/h2-4,7-8,12-13,18H,5-6,9-10,16H2,1H3,(H,17,19);1H/t12-,13-,15?;/m1./s1. The van der Waals surface area contributed by atoms with E-state index in [0.717, 1.165) is 31.2 Å². The van der Waals surface area contributed by atoms with Crippen molar-refractivity contribution in [2.24, 2.45) is 5.73 Å². The van der Waals surface area contributed by atoms with Crippen molar-refractivity contribution in [1.82, 2.24) is 5.32 Å². The normalized spacial score (nSPS) is 25.1. The Kier molecular flexibility index (Phi) is 5.99. The Labute approximate surface area is 126 Å². The zero-order valence-electron chi connectivity index (χ0n) is 11.7. The summed E-state index contributed by atoms with van der Waals surface area (Å²) in [7, 11) is 0. The summed E-state index contributed by atoms with van der Waals surface area (Å²) in [5, 5.41) is 12.8. The molecule has 1 aromatic carbocycles. The van der Waals surface area contributed by atoms with Crippen molar-refractivity contribution in [3.05, 3.63) is 35.9 Å². The molecule has 0 spiro atoms. The number of aliphatic hydroxyl groups excluding tert-OH is 1. The molecule has 1 unspecified atom stereocenters. The second-order valence-corrected chi connectivity index (χ2v) is 5.50. The summed E-state index contributed by atoms with van der Waals surface area (Å²) in [5.74, 6) is -0.232. The van der Waals surface area contributed by atoms with Gasteiger partial charge >= 0.3 is 0 Å². The molecule has 4 N–H and O–H groups in total. The Balaban J connectivity index is 0.00000200. The quantitative estimate of drug-likeness (QED) is 0.795.